The Morgan fingerprint density at radius 3 is 2.23 bits per heavy atom. The number of carbonyl (C=O) groups is 1. The van der Waals surface area contributed by atoms with Gasteiger partial charge in [0.25, 0.3) is 5.91 Å². The second-order valence-corrected chi connectivity index (χ2v) is 9.03. The van der Waals surface area contributed by atoms with Gasteiger partial charge >= 0.3 is 0 Å². The molecule has 9 heteroatoms. The Balaban J connectivity index is 1.62. The number of amides is 1. The number of aromatic nitrogens is 1. The molecule has 30 heavy (non-hydrogen) atoms. The lowest BCUT2D eigenvalue weighted by Gasteiger charge is -2.12. The SMILES string of the molecule is Cc1noc(C)c1COc1ccc(C(=O)Nc2ccc(S(=O)(=O)N(C)C)cc2)cc1. The standard InChI is InChI=1S/C21H23N3O5S/c1-14-20(15(2)29-23-14)13-28-18-9-5-16(6-10-18)21(25)22-17-7-11-19(12-8-17)30(26,27)24(3)4/h5-12H,13H2,1-4H3,(H,22,25). The molecular weight excluding hydrogens is 406 g/mol. The van der Waals surface area contributed by atoms with Crippen LogP contribution < -0.4 is 10.1 Å². The van der Waals surface area contributed by atoms with Gasteiger partial charge in [-0.15, -0.1) is 0 Å². The summed E-state index contributed by atoms with van der Waals surface area (Å²) in [5.74, 6) is 1.02. The number of hydrogen-bond acceptors (Lipinski definition) is 6. The maximum absolute atomic E-state index is 12.5. The first-order chi connectivity index (χ1) is 14.2. The summed E-state index contributed by atoms with van der Waals surface area (Å²) in [4.78, 5) is 12.6. The van der Waals surface area contributed by atoms with E-state index in [-0.39, 0.29) is 10.8 Å². The number of nitrogens with one attached hydrogen (secondary N) is 1. The summed E-state index contributed by atoms with van der Waals surface area (Å²) in [6.45, 7) is 4.01. The van der Waals surface area contributed by atoms with Gasteiger partial charge in [0.15, 0.2) is 0 Å². The topological polar surface area (TPSA) is 102 Å². The van der Waals surface area contributed by atoms with E-state index >= 15 is 0 Å². The largest absolute Gasteiger partial charge is 0.489 e. The quantitative estimate of drug-likeness (QED) is 0.618. The van der Waals surface area contributed by atoms with Crippen LogP contribution in [0.1, 0.15) is 27.4 Å². The fraction of sp³-hybridized carbons (Fsp3) is 0.238. The van der Waals surface area contributed by atoms with Gasteiger partial charge in [0.2, 0.25) is 10.0 Å². The lowest BCUT2D eigenvalue weighted by Crippen LogP contribution is -2.22. The first kappa shape index (κ1) is 21.5. The average Bonchev–Trinajstić information content (AvgIpc) is 3.04. The van der Waals surface area contributed by atoms with E-state index in [4.69, 9.17) is 9.26 Å². The van der Waals surface area contributed by atoms with Crippen molar-refractivity contribution in [2.45, 2.75) is 25.3 Å². The van der Waals surface area contributed by atoms with Crippen molar-refractivity contribution in [2.24, 2.45) is 0 Å². The highest BCUT2D eigenvalue weighted by molar-refractivity contribution is 7.89. The Morgan fingerprint density at radius 2 is 1.70 bits per heavy atom. The van der Waals surface area contributed by atoms with Crippen molar-refractivity contribution in [3.63, 3.8) is 0 Å². The van der Waals surface area contributed by atoms with Crippen LogP contribution in [-0.4, -0.2) is 37.9 Å². The van der Waals surface area contributed by atoms with E-state index in [9.17, 15) is 13.2 Å². The van der Waals surface area contributed by atoms with Gasteiger partial charge in [-0.2, -0.15) is 0 Å². The van der Waals surface area contributed by atoms with Crippen molar-refractivity contribution in [2.75, 3.05) is 19.4 Å². The number of nitrogens with zero attached hydrogens (tertiary/aromatic N) is 2. The van der Waals surface area contributed by atoms with Gasteiger partial charge in [-0.1, -0.05) is 5.16 Å². The minimum absolute atomic E-state index is 0.158. The minimum Gasteiger partial charge on any atom is -0.489 e. The molecule has 0 fully saturated rings. The highest BCUT2D eigenvalue weighted by atomic mass is 32.2. The van der Waals surface area contributed by atoms with Crippen LogP contribution in [0, 0.1) is 13.8 Å². The smallest absolute Gasteiger partial charge is 0.255 e. The number of ether oxygens (including phenoxy) is 1. The van der Waals surface area contributed by atoms with Crippen LogP contribution in [0.25, 0.3) is 0 Å². The van der Waals surface area contributed by atoms with Gasteiger partial charge in [-0.05, 0) is 62.4 Å². The summed E-state index contributed by atoms with van der Waals surface area (Å²) < 4.78 is 36.2. The number of benzene rings is 2. The van der Waals surface area contributed by atoms with Crippen molar-refractivity contribution in [1.82, 2.24) is 9.46 Å². The fourth-order valence-electron chi connectivity index (χ4n) is 2.69. The molecule has 0 aliphatic rings. The van der Waals surface area contributed by atoms with E-state index in [2.05, 4.69) is 10.5 Å². The van der Waals surface area contributed by atoms with Crippen LogP contribution in [0.5, 0.6) is 5.75 Å². The number of carbonyl (C=O) groups excluding carboxylic acids is 1. The second kappa shape index (κ2) is 8.68. The molecule has 0 radical (unpaired) electrons. The molecule has 0 spiro atoms. The Morgan fingerprint density at radius 1 is 1.07 bits per heavy atom. The molecule has 3 rings (SSSR count). The molecule has 1 aromatic heterocycles. The Kier molecular flexibility index (Phi) is 6.23. The second-order valence-electron chi connectivity index (χ2n) is 6.88. The highest BCUT2D eigenvalue weighted by Gasteiger charge is 2.17. The Bertz CT molecular complexity index is 1110. The van der Waals surface area contributed by atoms with Gasteiger partial charge in [-0.25, -0.2) is 12.7 Å². The Hall–Kier alpha value is -3.17. The molecule has 2 aromatic carbocycles. The number of rotatable bonds is 7. The minimum atomic E-state index is -3.51. The zero-order chi connectivity index (χ0) is 21.9. The maximum atomic E-state index is 12.5. The molecule has 1 N–H and O–H groups in total. The van der Waals surface area contributed by atoms with Crippen LogP contribution >= 0.6 is 0 Å². The molecule has 0 aliphatic heterocycles. The number of hydrogen-bond donors (Lipinski definition) is 1. The van der Waals surface area contributed by atoms with Crippen LogP contribution in [-0.2, 0) is 16.6 Å². The molecule has 158 valence electrons. The van der Waals surface area contributed by atoms with Crippen LogP contribution in [0.2, 0.25) is 0 Å². The van der Waals surface area contributed by atoms with E-state index < -0.39 is 10.0 Å². The first-order valence-corrected chi connectivity index (χ1v) is 10.6. The lowest BCUT2D eigenvalue weighted by atomic mass is 10.2. The van der Waals surface area contributed by atoms with Crippen molar-refractivity contribution in [3.8, 4) is 5.75 Å². The predicted octanol–water partition coefficient (Wildman–Crippen LogP) is 3.37. The van der Waals surface area contributed by atoms with E-state index in [1.54, 1.807) is 36.4 Å². The first-order valence-electron chi connectivity index (χ1n) is 9.17. The third kappa shape index (κ3) is 4.69. The summed E-state index contributed by atoms with van der Waals surface area (Å²) in [7, 11) is -0.579. The van der Waals surface area contributed by atoms with Crippen LogP contribution in [0.15, 0.2) is 57.9 Å². The van der Waals surface area contributed by atoms with Gasteiger partial charge in [0, 0.05) is 25.3 Å². The van der Waals surface area contributed by atoms with Crippen LogP contribution in [0.3, 0.4) is 0 Å². The van der Waals surface area contributed by atoms with Gasteiger partial charge < -0.3 is 14.6 Å². The van der Waals surface area contributed by atoms with Gasteiger partial charge in [0.1, 0.15) is 18.1 Å². The monoisotopic (exact) mass is 429 g/mol. The van der Waals surface area contributed by atoms with Gasteiger partial charge in [-0.3, -0.25) is 4.79 Å². The molecule has 0 bridgehead atoms. The molecule has 3 aromatic rings. The zero-order valence-electron chi connectivity index (χ0n) is 17.2. The van der Waals surface area contributed by atoms with E-state index in [1.807, 2.05) is 13.8 Å². The lowest BCUT2D eigenvalue weighted by molar-refractivity contribution is 0.102. The molecule has 0 saturated heterocycles. The number of anilines is 1. The van der Waals surface area contributed by atoms with E-state index in [0.29, 0.717) is 29.4 Å². The highest BCUT2D eigenvalue weighted by Crippen LogP contribution is 2.20. The van der Waals surface area contributed by atoms with Crippen molar-refractivity contribution in [3.05, 3.63) is 71.1 Å². The van der Waals surface area contributed by atoms with Crippen molar-refractivity contribution in [1.29, 1.82) is 0 Å². The fourth-order valence-corrected chi connectivity index (χ4v) is 3.59. The molecule has 8 nitrogen and oxygen atoms in total. The summed E-state index contributed by atoms with van der Waals surface area (Å²) >= 11 is 0. The average molecular weight is 429 g/mol. The number of sulfonamides is 1. The van der Waals surface area contributed by atoms with Crippen molar-refractivity contribution >= 4 is 21.6 Å². The zero-order valence-corrected chi connectivity index (χ0v) is 18.0. The molecular formula is C21H23N3O5S. The normalized spacial score (nSPS) is 11.5. The molecule has 0 atom stereocenters. The summed E-state index contributed by atoms with van der Waals surface area (Å²) in [6, 6.07) is 12.7. The molecule has 0 unspecified atom stereocenters. The summed E-state index contributed by atoms with van der Waals surface area (Å²) in [5, 5.41) is 6.64. The maximum Gasteiger partial charge on any atom is 0.255 e. The van der Waals surface area contributed by atoms with E-state index in [0.717, 1.165) is 15.6 Å². The molecule has 1 amide bonds. The summed E-state index contributed by atoms with van der Waals surface area (Å²) in [5.41, 5.74) is 2.63. The van der Waals surface area contributed by atoms with E-state index in [1.165, 1.54) is 26.2 Å². The Labute approximate surface area is 175 Å². The third-order valence-electron chi connectivity index (χ3n) is 4.57. The van der Waals surface area contributed by atoms with Crippen LogP contribution in [0.4, 0.5) is 5.69 Å². The molecule has 0 saturated carbocycles. The van der Waals surface area contributed by atoms with Gasteiger partial charge in [0.05, 0.1) is 16.2 Å². The third-order valence-corrected chi connectivity index (χ3v) is 6.40. The van der Waals surface area contributed by atoms with Crippen molar-refractivity contribution < 1.29 is 22.5 Å². The summed E-state index contributed by atoms with van der Waals surface area (Å²) in [6.07, 6.45) is 0. The number of aryl methyl sites for hydroxylation is 2. The molecule has 0 aliphatic carbocycles. The molecule has 1 heterocycles. The predicted molar refractivity (Wildman–Crippen MR) is 112 cm³/mol.